The molecule has 2 rings (SSSR count). The minimum Gasteiger partial charge on any atom is -0.475 e. The molecule has 0 fully saturated rings. The van der Waals surface area contributed by atoms with Gasteiger partial charge < -0.3 is 9.52 Å². The fourth-order valence-corrected chi connectivity index (χ4v) is 3.72. The summed E-state index contributed by atoms with van der Waals surface area (Å²) >= 11 is 3.27. The Morgan fingerprint density at radius 2 is 1.95 bits per heavy atom. The highest BCUT2D eigenvalue weighted by Gasteiger charge is 2.24. The minimum absolute atomic E-state index is 0.0168. The summed E-state index contributed by atoms with van der Waals surface area (Å²) < 4.78 is 32.5. The van der Waals surface area contributed by atoms with Gasteiger partial charge in [-0.2, -0.15) is 0 Å². The van der Waals surface area contributed by atoms with E-state index in [2.05, 4.69) is 20.7 Å². The number of rotatable bonds is 4. The topological polar surface area (TPSA) is 96.6 Å². The smallest absolute Gasteiger partial charge is 0.371 e. The average Bonchev–Trinajstić information content (AvgIpc) is 2.76. The fraction of sp³-hybridized carbons (Fsp3) is 0.154. The molecule has 8 heteroatoms. The van der Waals surface area contributed by atoms with E-state index in [1.54, 1.807) is 18.2 Å². The number of carbonyl (C=O) groups is 1. The monoisotopic (exact) mass is 373 g/mol. The van der Waals surface area contributed by atoms with Crippen molar-refractivity contribution in [2.45, 2.75) is 18.7 Å². The molecule has 0 saturated carbocycles. The van der Waals surface area contributed by atoms with Gasteiger partial charge in [-0.05, 0) is 47.5 Å². The Kier molecular flexibility index (Phi) is 4.11. The standard InChI is InChI=1S/C13H12BrNO5S/c1-7-3-4-10(9(14)5-7)15-21(18,19)12-6-11(13(16)17)20-8(12)2/h3-6,15H,1-2H3,(H,16,17). The van der Waals surface area contributed by atoms with Crippen LogP contribution in [0.2, 0.25) is 0 Å². The number of hydrogen-bond acceptors (Lipinski definition) is 4. The lowest BCUT2D eigenvalue weighted by Gasteiger charge is -2.09. The SMILES string of the molecule is Cc1ccc(NS(=O)(=O)c2cc(C(=O)O)oc2C)c(Br)c1. The first-order valence-corrected chi connectivity index (χ1v) is 8.11. The van der Waals surface area contributed by atoms with E-state index in [0.717, 1.165) is 11.6 Å². The highest BCUT2D eigenvalue weighted by atomic mass is 79.9. The van der Waals surface area contributed by atoms with Crippen molar-refractivity contribution in [3.05, 3.63) is 45.8 Å². The van der Waals surface area contributed by atoms with Gasteiger partial charge in [-0.15, -0.1) is 0 Å². The summed E-state index contributed by atoms with van der Waals surface area (Å²) in [5.74, 6) is -1.73. The molecule has 0 atom stereocenters. The van der Waals surface area contributed by atoms with Gasteiger partial charge in [-0.3, -0.25) is 4.72 Å². The van der Waals surface area contributed by atoms with Gasteiger partial charge in [-0.25, -0.2) is 13.2 Å². The first kappa shape index (κ1) is 15.6. The Hall–Kier alpha value is -1.80. The molecular formula is C13H12BrNO5S. The second kappa shape index (κ2) is 5.53. The van der Waals surface area contributed by atoms with E-state index in [1.165, 1.54) is 6.92 Å². The zero-order chi connectivity index (χ0) is 15.8. The van der Waals surface area contributed by atoms with E-state index in [4.69, 9.17) is 9.52 Å². The maximum Gasteiger partial charge on any atom is 0.371 e. The predicted octanol–water partition coefficient (Wildman–Crippen LogP) is 3.16. The van der Waals surface area contributed by atoms with Gasteiger partial charge in [0.25, 0.3) is 10.0 Å². The Bertz CT molecular complexity index is 810. The molecule has 2 aromatic rings. The van der Waals surface area contributed by atoms with Crippen LogP contribution in [0.4, 0.5) is 5.69 Å². The zero-order valence-electron chi connectivity index (χ0n) is 11.2. The van der Waals surface area contributed by atoms with Crippen LogP contribution in [0.15, 0.2) is 38.1 Å². The van der Waals surface area contributed by atoms with Crippen molar-refractivity contribution < 1.29 is 22.7 Å². The van der Waals surface area contributed by atoms with Crippen LogP contribution in [0.3, 0.4) is 0 Å². The number of nitrogens with one attached hydrogen (secondary N) is 1. The quantitative estimate of drug-likeness (QED) is 0.857. The Morgan fingerprint density at radius 1 is 1.29 bits per heavy atom. The van der Waals surface area contributed by atoms with Crippen molar-refractivity contribution in [3.63, 3.8) is 0 Å². The Morgan fingerprint density at radius 3 is 2.48 bits per heavy atom. The largest absolute Gasteiger partial charge is 0.475 e. The van der Waals surface area contributed by atoms with E-state index < -0.39 is 21.8 Å². The number of furan rings is 1. The van der Waals surface area contributed by atoms with Crippen molar-refractivity contribution in [2.75, 3.05) is 4.72 Å². The lowest BCUT2D eigenvalue weighted by molar-refractivity contribution is 0.0661. The highest BCUT2D eigenvalue weighted by molar-refractivity contribution is 9.10. The van der Waals surface area contributed by atoms with E-state index in [9.17, 15) is 13.2 Å². The molecular weight excluding hydrogens is 362 g/mol. The number of benzene rings is 1. The fourth-order valence-electron chi connectivity index (χ4n) is 1.74. The first-order valence-electron chi connectivity index (χ1n) is 5.83. The van der Waals surface area contributed by atoms with Crippen molar-refractivity contribution in [2.24, 2.45) is 0 Å². The molecule has 0 aliphatic rings. The van der Waals surface area contributed by atoms with Gasteiger partial charge in [0.2, 0.25) is 5.76 Å². The average molecular weight is 374 g/mol. The molecule has 6 nitrogen and oxygen atoms in total. The molecule has 2 N–H and O–H groups in total. The molecule has 0 unspecified atom stereocenters. The lowest BCUT2D eigenvalue weighted by atomic mass is 10.2. The van der Waals surface area contributed by atoms with Gasteiger partial charge in [0.1, 0.15) is 10.7 Å². The van der Waals surface area contributed by atoms with Crippen LogP contribution in [0.1, 0.15) is 21.9 Å². The van der Waals surface area contributed by atoms with Crippen LogP contribution in [0.25, 0.3) is 0 Å². The van der Waals surface area contributed by atoms with E-state index in [-0.39, 0.29) is 10.7 Å². The molecule has 0 bridgehead atoms. The van der Waals surface area contributed by atoms with E-state index >= 15 is 0 Å². The van der Waals surface area contributed by atoms with Crippen LogP contribution >= 0.6 is 15.9 Å². The van der Waals surface area contributed by atoms with Crippen molar-refractivity contribution in [1.29, 1.82) is 0 Å². The molecule has 0 aliphatic carbocycles. The lowest BCUT2D eigenvalue weighted by Crippen LogP contribution is -2.13. The first-order chi connectivity index (χ1) is 9.70. The Labute approximate surface area is 130 Å². The second-order valence-electron chi connectivity index (χ2n) is 4.43. The van der Waals surface area contributed by atoms with Gasteiger partial charge in [0, 0.05) is 10.5 Å². The van der Waals surface area contributed by atoms with Gasteiger partial charge >= 0.3 is 5.97 Å². The molecule has 0 spiro atoms. The summed E-state index contributed by atoms with van der Waals surface area (Å²) in [6.07, 6.45) is 0. The molecule has 21 heavy (non-hydrogen) atoms. The van der Waals surface area contributed by atoms with Gasteiger partial charge in [0.05, 0.1) is 5.69 Å². The molecule has 0 saturated heterocycles. The normalized spacial score (nSPS) is 11.4. The zero-order valence-corrected chi connectivity index (χ0v) is 13.6. The number of aromatic carboxylic acids is 1. The second-order valence-corrected chi connectivity index (χ2v) is 6.93. The number of aryl methyl sites for hydroxylation is 2. The molecule has 112 valence electrons. The van der Waals surface area contributed by atoms with Crippen LogP contribution in [0.5, 0.6) is 0 Å². The van der Waals surface area contributed by atoms with Crippen LogP contribution < -0.4 is 4.72 Å². The maximum absolute atomic E-state index is 12.3. The number of anilines is 1. The van der Waals surface area contributed by atoms with Gasteiger partial charge in [-0.1, -0.05) is 6.07 Å². The third-order valence-corrected chi connectivity index (χ3v) is 4.87. The summed E-state index contributed by atoms with van der Waals surface area (Å²) in [7, 11) is -3.93. The van der Waals surface area contributed by atoms with Crippen molar-refractivity contribution in [3.8, 4) is 0 Å². The molecule has 0 radical (unpaired) electrons. The maximum atomic E-state index is 12.3. The molecule has 1 heterocycles. The van der Waals surface area contributed by atoms with Crippen LogP contribution in [-0.2, 0) is 10.0 Å². The molecule has 0 aliphatic heterocycles. The summed E-state index contributed by atoms with van der Waals surface area (Å²) in [5, 5.41) is 8.84. The number of sulfonamides is 1. The predicted molar refractivity (Wildman–Crippen MR) is 80.1 cm³/mol. The summed E-state index contributed by atoms with van der Waals surface area (Å²) in [6.45, 7) is 3.27. The molecule has 1 aromatic carbocycles. The summed E-state index contributed by atoms with van der Waals surface area (Å²) in [4.78, 5) is 10.6. The van der Waals surface area contributed by atoms with Crippen molar-refractivity contribution >= 4 is 37.6 Å². The number of hydrogen-bond donors (Lipinski definition) is 2. The Balaban J connectivity index is 2.41. The third-order valence-electron chi connectivity index (χ3n) is 2.74. The number of carboxylic acid groups (broad SMARTS) is 1. The van der Waals surface area contributed by atoms with Crippen LogP contribution in [0, 0.1) is 13.8 Å². The minimum atomic E-state index is -3.93. The van der Waals surface area contributed by atoms with Gasteiger partial charge in [0.15, 0.2) is 0 Å². The van der Waals surface area contributed by atoms with Crippen LogP contribution in [-0.4, -0.2) is 19.5 Å². The molecule has 1 aromatic heterocycles. The van der Waals surface area contributed by atoms with Crippen molar-refractivity contribution in [1.82, 2.24) is 0 Å². The van der Waals surface area contributed by atoms with E-state index in [0.29, 0.717) is 10.2 Å². The summed E-state index contributed by atoms with van der Waals surface area (Å²) in [6, 6.07) is 6.13. The van der Waals surface area contributed by atoms with E-state index in [1.807, 2.05) is 6.92 Å². The third kappa shape index (κ3) is 3.27. The highest BCUT2D eigenvalue weighted by Crippen LogP contribution is 2.28. The number of carboxylic acids is 1. The molecule has 0 amide bonds. The number of halogens is 1. The summed E-state index contributed by atoms with van der Waals surface area (Å²) in [5.41, 5.74) is 1.33.